The molecular weight excluding hydrogens is 481 g/mol. The van der Waals surface area contributed by atoms with E-state index in [1.807, 2.05) is 24.6 Å². The number of halogens is 4. The number of ether oxygens (including phenoxy) is 1. The quantitative estimate of drug-likeness (QED) is 0.458. The number of fused-ring (bicyclic) bond motifs is 1. The smallest absolute Gasteiger partial charge is 0.379 e. The van der Waals surface area contributed by atoms with Crippen molar-refractivity contribution >= 4 is 28.5 Å². The number of nitrogen functional groups attached to an aromatic ring is 1. The standard InChI is InChI=1S/C23H31ClN6O.CHF3/c1-7-31-21-17(8-18(24)13(4)19(21)16-9-29(10-16)12(2)3)15(6)30-23-20(14(5)28-30)22(25)26-11-27-23;2-1(3)4/h8,11-12,15-16H,7,9-10H2,1-6H3,(H2,25,26,27);1H. The fourth-order valence-electron chi connectivity index (χ4n) is 4.56. The van der Waals surface area contributed by atoms with Gasteiger partial charge in [0.1, 0.15) is 17.9 Å². The van der Waals surface area contributed by atoms with Crippen LogP contribution in [0.2, 0.25) is 5.02 Å². The van der Waals surface area contributed by atoms with E-state index in [2.05, 4.69) is 42.6 Å². The zero-order valence-electron chi connectivity index (χ0n) is 20.8. The zero-order valence-corrected chi connectivity index (χ0v) is 21.6. The summed E-state index contributed by atoms with van der Waals surface area (Å²) in [6.07, 6.45) is 1.48. The number of nitrogens with zero attached hydrogens (tertiary/aromatic N) is 5. The molecule has 0 spiro atoms. The molecule has 1 unspecified atom stereocenters. The topological polar surface area (TPSA) is 82.1 Å². The third-order valence-electron chi connectivity index (χ3n) is 6.40. The third kappa shape index (κ3) is 5.48. The second kappa shape index (κ2) is 11.0. The Morgan fingerprint density at radius 3 is 2.37 bits per heavy atom. The molecule has 2 aromatic heterocycles. The van der Waals surface area contributed by atoms with Crippen LogP contribution in [-0.4, -0.2) is 57.1 Å². The van der Waals surface area contributed by atoms with Gasteiger partial charge < -0.3 is 10.5 Å². The van der Waals surface area contributed by atoms with Crippen LogP contribution >= 0.6 is 11.6 Å². The van der Waals surface area contributed by atoms with Crippen molar-refractivity contribution in [3.05, 3.63) is 39.8 Å². The highest BCUT2D eigenvalue weighted by molar-refractivity contribution is 6.31. The van der Waals surface area contributed by atoms with Gasteiger partial charge in [0.15, 0.2) is 5.65 Å². The van der Waals surface area contributed by atoms with Crippen molar-refractivity contribution in [1.82, 2.24) is 24.6 Å². The molecule has 2 N–H and O–H groups in total. The van der Waals surface area contributed by atoms with Crippen LogP contribution in [0.5, 0.6) is 5.75 Å². The Hall–Kier alpha value is -2.59. The molecule has 3 heterocycles. The van der Waals surface area contributed by atoms with E-state index in [4.69, 9.17) is 27.2 Å². The highest BCUT2D eigenvalue weighted by atomic mass is 35.5. The van der Waals surface area contributed by atoms with Gasteiger partial charge in [-0.25, -0.2) is 14.6 Å². The molecule has 1 aliphatic heterocycles. The van der Waals surface area contributed by atoms with E-state index in [1.165, 1.54) is 11.9 Å². The molecule has 7 nitrogen and oxygen atoms in total. The molecule has 1 aromatic carbocycles. The normalized spacial score (nSPS) is 15.3. The van der Waals surface area contributed by atoms with Gasteiger partial charge in [0, 0.05) is 41.2 Å². The fraction of sp³-hybridized carbons (Fsp3) is 0.542. The third-order valence-corrected chi connectivity index (χ3v) is 6.79. The summed E-state index contributed by atoms with van der Waals surface area (Å²) in [7, 11) is 0. The van der Waals surface area contributed by atoms with Crippen LogP contribution in [-0.2, 0) is 0 Å². The summed E-state index contributed by atoms with van der Waals surface area (Å²) in [6, 6.07) is 2.42. The van der Waals surface area contributed by atoms with Crippen LogP contribution in [0, 0.1) is 13.8 Å². The summed E-state index contributed by atoms with van der Waals surface area (Å²) >= 11 is 6.75. The van der Waals surface area contributed by atoms with Crippen molar-refractivity contribution in [2.75, 3.05) is 25.4 Å². The minimum Gasteiger partial charge on any atom is -0.493 e. The molecule has 11 heteroatoms. The van der Waals surface area contributed by atoms with Crippen LogP contribution in [0.3, 0.4) is 0 Å². The van der Waals surface area contributed by atoms with Gasteiger partial charge in [0.25, 0.3) is 0 Å². The lowest BCUT2D eigenvalue weighted by atomic mass is 9.84. The van der Waals surface area contributed by atoms with Crippen LogP contribution in [0.4, 0.5) is 19.0 Å². The van der Waals surface area contributed by atoms with Gasteiger partial charge in [0.05, 0.1) is 23.7 Å². The van der Waals surface area contributed by atoms with E-state index in [1.54, 1.807) is 0 Å². The SMILES string of the molecule is CCOc1c(C(C)n2nc(C)c3c(N)ncnc32)cc(Cl)c(C)c1C1CN(C(C)C)C1.FC(F)F. The zero-order chi connectivity index (χ0) is 26.0. The monoisotopic (exact) mass is 512 g/mol. The maximum absolute atomic E-state index is 9.67. The van der Waals surface area contributed by atoms with E-state index in [-0.39, 0.29) is 6.04 Å². The largest absolute Gasteiger partial charge is 0.493 e. The lowest BCUT2D eigenvalue weighted by Gasteiger charge is -2.43. The first kappa shape index (κ1) is 27.0. The summed E-state index contributed by atoms with van der Waals surface area (Å²) < 4.78 is 37.2. The number of anilines is 1. The van der Waals surface area contributed by atoms with Crippen molar-refractivity contribution < 1.29 is 17.9 Å². The summed E-state index contributed by atoms with van der Waals surface area (Å²) in [6.45, 7) is 11.5. The number of benzene rings is 1. The average molecular weight is 513 g/mol. The molecule has 1 fully saturated rings. The Kier molecular flexibility index (Phi) is 8.48. The van der Waals surface area contributed by atoms with Gasteiger partial charge in [-0.05, 0) is 53.2 Å². The lowest BCUT2D eigenvalue weighted by molar-refractivity contribution is 0.00819. The van der Waals surface area contributed by atoms with Crippen molar-refractivity contribution in [2.24, 2.45) is 0 Å². The average Bonchev–Trinajstić information content (AvgIpc) is 3.08. The highest BCUT2D eigenvalue weighted by Gasteiger charge is 2.35. The minimum atomic E-state index is -3.67. The number of hydrogen-bond acceptors (Lipinski definition) is 6. The van der Waals surface area contributed by atoms with Gasteiger partial charge >= 0.3 is 6.68 Å². The maximum atomic E-state index is 9.67. The first-order chi connectivity index (χ1) is 16.5. The molecule has 192 valence electrons. The Balaban J connectivity index is 0.000000795. The van der Waals surface area contributed by atoms with Gasteiger partial charge in [-0.2, -0.15) is 18.3 Å². The maximum Gasteiger partial charge on any atom is 0.379 e. The lowest BCUT2D eigenvalue weighted by Crippen LogP contribution is -2.49. The molecular formula is C24H32ClF3N6O. The molecule has 1 atom stereocenters. The van der Waals surface area contributed by atoms with E-state index in [9.17, 15) is 13.2 Å². The van der Waals surface area contributed by atoms with Crippen molar-refractivity contribution in [3.8, 4) is 5.75 Å². The molecule has 0 saturated carbocycles. The second-order valence-electron chi connectivity index (χ2n) is 8.90. The van der Waals surface area contributed by atoms with Gasteiger partial charge in [-0.3, -0.25) is 4.90 Å². The van der Waals surface area contributed by atoms with Crippen LogP contribution in [0.15, 0.2) is 12.4 Å². The van der Waals surface area contributed by atoms with Crippen LogP contribution < -0.4 is 10.5 Å². The highest BCUT2D eigenvalue weighted by Crippen LogP contribution is 2.44. The Morgan fingerprint density at radius 1 is 1.17 bits per heavy atom. The molecule has 4 rings (SSSR count). The number of rotatable bonds is 6. The van der Waals surface area contributed by atoms with Crippen LogP contribution in [0.1, 0.15) is 62.0 Å². The molecule has 0 radical (unpaired) electrons. The number of likely N-dealkylation sites (tertiary alicyclic amines) is 1. The fourth-order valence-corrected chi connectivity index (χ4v) is 4.78. The number of hydrogen-bond donors (Lipinski definition) is 1. The Labute approximate surface area is 208 Å². The van der Waals surface area contributed by atoms with Gasteiger partial charge in [0.2, 0.25) is 0 Å². The second-order valence-corrected chi connectivity index (χ2v) is 9.31. The number of alkyl halides is 3. The van der Waals surface area contributed by atoms with Crippen molar-refractivity contribution in [3.63, 3.8) is 0 Å². The molecule has 0 aliphatic carbocycles. The number of aryl methyl sites for hydroxylation is 1. The number of nitrogens with two attached hydrogens (primary N) is 1. The Bertz CT molecular complexity index is 1180. The molecule has 35 heavy (non-hydrogen) atoms. The molecule has 1 aliphatic rings. The molecule has 0 bridgehead atoms. The van der Waals surface area contributed by atoms with Crippen molar-refractivity contribution in [1.29, 1.82) is 0 Å². The van der Waals surface area contributed by atoms with Crippen LogP contribution in [0.25, 0.3) is 11.0 Å². The first-order valence-corrected chi connectivity index (χ1v) is 11.9. The first-order valence-electron chi connectivity index (χ1n) is 11.5. The number of aromatic nitrogens is 4. The molecule has 0 amide bonds. The van der Waals surface area contributed by atoms with E-state index in [0.717, 1.165) is 46.1 Å². The van der Waals surface area contributed by atoms with E-state index < -0.39 is 6.68 Å². The summed E-state index contributed by atoms with van der Waals surface area (Å²) in [5.74, 6) is 1.77. The summed E-state index contributed by atoms with van der Waals surface area (Å²) in [5, 5.41) is 6.30. The Morgan fingerprint density at radius 2 is 1.80 bits per heavy atom. The molecule has 3 aromatic rings. The predicted molar refractivity (Wildman–Crippen MR) is 132 cm³/mol. The van der Waals surface area contributed by atoms with Crippen molar-refractivity contribution in [2.45, 2.75) is 66.2 Å². The van der Waals surface area contributed by atoms with E-state index >= 15 is 0 Å². The summed E-state index contributed by atoms with van der Waals surface area (Å²) in [4.78, 5) is 11.1. The summed E-state index contributed by atoms with van der Waals surface area (Å²) in [5.41, 5.74) is 11.0. The predicted octanol–water partition coefficient (Wildman–Crippen LogP) is 5.67. The van der Waals surface area contributed by atoms with Gasteiger partial charge in [-0.1, -0.05) is 11.6 Å². The molecule has 1 saturated heterocycles. The van der Waals surface area contributed by atoms with E-state index in [0.29, 0.717) is 30.0 Å². The minimum absolute atomic E-state index is 0.134. The van der Waals surface area contributed by atoms with Gasteiger partial charge in [-0.15, -0.1) is 0 Å².